The Kier molecular flexibility index (Phi) is 4.99. The first kappa shape index (κ1) is 14.7. The standard InChI is InChI=1S/C17H26N2O2/c1-2-19-8-3-5-15(13-19)18-12-14-6-7-16-17(11-14)21-10-4-9-20-16/h6-7,11,15,18H,2-5,8-10,12-13H2,1H3. The number of likely N-dealkylation sites (tertiary alicyclic amines) is 1. The van der Waals surface area contributed by atoms with Gasteiger partial charge in [0.25, 0.3) is 0 Å². The van der Waals surface area contributed by atoms with E-state index in [-0.39, 0.29) is 0 Å². The van der Waals surface area contributed by atoms with Crippen LogP contribution < -0.4 is 14.8 Å². The predicted molar refractivity (Wildman–Crippen MR) is 84.0 cm³/mol. The van der Waals surface area contributed by atoms with E-state index in [0.29, 0.717) is 6.04 Å². The molecule has 0 aromatic heterocycles. The first-order valence-corrected chi connectivity index (χ1v) is 8.19. The molecule has 1 fully saturated rings. The molecule has 1 aromatic carbocycles. The van der Waals surface area contributed by atoms with E-state index in [1.54, 1.807) is 0 Å². The summed E-state index contributed by atoms with van der Waals surface area (Å²) >= 11 is 0. The second-order valence-electron chi connectivity index (χ2n) is 5.94. The van der Waals surface area contributed by atoms with Crippen LogP contribution in [0.15, 0.2) is 18.2 Å². The number of likely N-dealkylation sites (N-methyl/N-ethyl adjacent to an activating group) is 1. The summed E-state index contributed by atoms with van der Waals surface area (Å²) in [6.45, 7) is 8.21. The van der Waals surface area contributed by atoms with Gasteiger partial charge < -0.3 is 19.7 Å². The van der Waals surface area contributed by atoms with Gasteiger partial charge in [0.1, 0.15) is 0 Å². The molecule has 1 aromatic rings. The number of ether oxygens (including phenoxy) is 2. The molecular formula is C17H26N2O2. The van der Waals surface area contributed by atoms with Crippen molar-refractivity contribution in [1.82, 2.24) is 10.2 Å². The molecule has 2 heterocycles. The molecule has 1 saturated heterocycles. The second kappa shape index (κ2) is 7.14. The van der Waals surface area contributed by atoms with Crippen LogP contribution in [-0.2, 0) is 6.54 Å². The molecule has 116 valence electrons. The minimum Gasteiger partial charge on any atom is -0.490 e. The highest BCUT2D eigenvalue weighted by molar-refractivity contribution is 5.43. The van der Waals surface area contributed by atoms with Crippen molar-refractivity contribution in [3.63, 3.8) is 0 Å². The van der Waals surface area contributed by atoms with E-state index in [2.05, 4.69) is 29.3 Å². The van der Waals surface area contributed by atoms with Crippen molar-refractivity contribution in [1.29, 1.82) is 0 Å². The van der Waals surface area contributed by atoms with E-state index >= 15 is 0 Å². The van der Waals surface area contributed by atoms with Gasteiger partial charge in [-0.15, -0.1) is 0 Å². The van der Waals surface area contributed by atoms with Crippen LogP contribution in [0.3, 0.4) is 0 Å². The maximum absolute atomic E-state index is 5.75. The predicted octanol–water partition coefficient (Wildman–Crippen LogP) is 2.42. The molecule has 0 aliphatic carbocycles. The van der Waals surface area contributed by atoms with Gasteiger partial charge in [-0.3, -0.25) is 0 Å². The molecule has 1 N–H and O–H groups in total. The van der Waals surface area contributed by atoms with E-state index in [4.69, 9.17) is 9.47 Å². The van der Waals surface area contributed by atoms with E-state index in [1.807, 2.05) is 6.07 Å². The maximum atomic E-state index is 5.75. The van der Waals surface area contributed by atoms with E-state index in [9.17, 15) is 0 Å². The summed E-state index contributed by atoms with van der Waals surface area (Å²) in [6.07, 6.45) is 3.53. The highest BCUT2D eigenvalue weighted by Gasteiger charge is 2.18. The highest BCUT2D eigenvalue weighted by Crippen LogP contribution is 2.30. The Balaban J connectivity index is 1.56. The number of piperidine rings is 1. The molecule has 0 radical (unpaired) electrons. The molecule has 4 nitrogen and oxygen atoms in total. The molecule has 0 bridgehead atoms. The lowest BCUT2D eigenvalue weighted by molar-refractivity contribution is 0.198. The van der Waals surface area contributed by atoms with Gasteiger partial charge in [0.15, 0.2) is 11.5 Å². The fourth-order valence-corrected chi connectivity index (χ4v) is 3.09. The Labute approximate surface area is 127 Å². The van der Waals surface area contributed by atoms with Gasteiger partial charge in [0.05, 0.1) is 13.2 Å². The minimum atomic E-state index is 0.606. The molecule has 2 aliphatic heterocycles. The third-order valence-electron chi connectivity index (χ3n) is 4.36. The van der Waals surface area contributed by atoms with E-state index in [0.717, 1.165) is 44.2 Å². The van der Waals surface area contributed by atoms with Crippen molar-refractivity contribution >= 4 is 0 Å². The van der Waals surface area contributed by atoms with Crippen molar-refractivity contribution in [2.45, 2.75) is 38.8 Å². The lowest BCUT2D eigenvalue weighted by Crippen LogP contribution is -2.45. The summed E-state index contributed by atoms with van der Waals surface area (Å²) < 4.78 is 11.4. The molecular weight excluding hydrogens is 264 g/mol. The monoisotopic (exact) mass is 290 g/mol. The Morgan fingerprint density at radius 1 is 1.19 bits per heavy atom. The quantitative estimate of drug-likeness (QED) is 0.923. The van der Waals surface area contributed by atoms with E-state index in [1.165, 1.54) is 31.5 Å². The number of hydrogen-bond acceptors (Lipinski definition) is 4. The molecule has 1 unspecified atom stereocenters. The summed E-state index contributed by atoms with van der Waals surface area (Å²) in [7, 11) is 0. The van der Waals surface area contributed by atoms with Crippen molar-refractivity contribution < 1.29 is 9.47 Å². The average Bonchev–Trinajstić information content (AvgIpc) is 2.78. The molecule has 3 rings (SSSR count). The lowest BCUT2D eigenvalue weighted by atomic mass is 10.1. The minimum absolute atomic E-state index is 0.606. The SMILES string of the molecule is CCN1CCCC(NCc2ccc3c(c2)OCCCO3)C1. The number of benzene rings is 1. The van der Waals surface area contributed by atoms with Crippen LogP contribution in [0.4, 0.5) is 0 Å². The number of nitrogens with zero attached hydrogens (tertiary/aromatic N) is 1. The van der Waals surface area contributed by atoms with Crippen molar-refractivity contribution in [3.8, 4) is 11.5 Å². The summed E-state index contributed by atoms with van der Waals surface area (Å²) in [4.78, 5) is 2.52. The van der Waals surface area contributed by atoms with Crippen LogP contribution in [0.1, 0.15) is 31.7 Å². The third-order valence-corrected chi connectivity index (χ3v) is 4.36. The Hall–Kier alpha value is -1.26. The summed E-state index contributed by atoms with van der Waals surface area (Å²) in [5, 5.41) is 3.69. The zero-order valence-corrected chi connectivity index (χ0v) is 12.9. The number of nitrogens with one attached hydrogen (secondary N) is 1. The summed E-state index contributed by atoms with van der Waals surface area (Å²) in [5.41, 5.74) is 1.27. The Morgan fingerprint density at radius 2 is 2.05 bits per heavy atom. The Morgan fingerprint density at radius 3 is 2.90 bits per heavy atom. The largest absolute Gasteiger partial charge is 0.490 e. The average molecular weight is 290 g/mol. The van der Waals surface area contributed by atoms with Crippen molar-refractivity contribution in [2.75, 3.05) is 32.8 Å². The van der Waals surface area contributed by atoms with Gasteiger partial charge in [0.2, 0.25) is 0 Å². The van der Waals surface area contributed by atoms with Gasteiger partial charge in [-0.05, 0) is 43.6 Å². The molecule has 2 aliphatic rings. The zero-order valence-electron chi connectivity index (χ0n) is 12.9. The van der Waals surface area contributed by atoms with Crippen LogP contribution >= 0.6 is 0 Å². The molecule has 21 heavy (non-hydrogen) atoms. The van der Waals surface area contributed by atoms with Gasteiger partial charge in [-0.25, -0.2) is 0 Å². The molecule has 4 heteroatoms. The first-order valence-electron chi connectivity index (χ1n) is 8.19. The fraction of sp³-hybridized carbons (Fsp3) is 0.647. The highest BCUT2D eigenvalue weighted by atomic mass is 16.5. The van der Waals surface area contributed by atoms with Crippen LogP contribution in [0.25, 0.3) is 0 Å². The van der Waals surface area contributed by atoms with Crippen LogP contribution in [-0.4, -0.2) is 43.8 Å². The smallest absolute Gasteiger partial charge is 0.161 e. The number of fused-ring (bicyclic) bond motifs is 1. The number of rotatable bonds is 4. The maximum Gasteiger partial charge on any atom is 0.161 e. The first-order chi connectivity index (χ1) is 10.3. The third kappa shape index (κ3) is 3.89. The van der Waals surface area contributed by atoms with Crippen LogP contribution in [0, 0.1) is 0 Å². The summed E-state index contributed by atoms with van der Waals surface area (Å²) in [5.74, 6) is 1.77. The topological polar surface area (TPSA) is 33.7 Å². The summed E-state index contributed by atoms with van der Waals surface area (Å²) in [6, 6.07) is 6.90. The van der Waals surface area contributed by atoms with E-state index < -0.39 is 0 Å². The van der Waals surface area contributed by atoms with Gasteiger partial charge in [-0.1, -0.05) is 13.0 Å². The molecule has 1 atom stereocenters. The van der Waals surface area contributed by atoms with Crippen LogP contribution in [0.5, 0.6) is 11.5 Å². The molecule has 0 spiro atoms. The normalized spacial score (nSPS) is 22.8. The van der Waals surface area contributed by atoms with Crippen molar-refractivity contribution in [2.24, 2.45) is 0 Å². The lowest BCUT2D eigenvalue weighted by Gasteiger charge is -2.32. The van der Waals surface area contributed by atoms with Crippen LogP contribution in [0.2, 0.25) is 0 Å². The molecule has 0 amide bonds. The number of hydrogen-bond donors (Lipinski definition) is 1. The van der Waals surface area contributed by atoms with Gasteiger partial charge in [0, 0.05) is 25.6 Å². The fourth-order valence-electron chi connectivity index (χ4n) is 3.09. The van der Waals surface area contributed by atoms with Gasteiger partial charge in [-0.2, -0.15) is 0 Å². The molecule has 0 saturated carbocycles. The zero-order chi connectivity index (χ0) is 14.5. The van der Waals surface area contributed by atoms with Crippen molar-refractivity contribution in [3.05, 3.63) is 23.8 Å². The van der Waals surface area contributed by atoms with Gasteiger partial charge >= 0.3 is 0 Å². The second-order valence-corrected chi connectivity index (χ2v) is 5.94. The Bertz CT molecular complexity index is 464.